The SMILES string of the molecule is CC(C)(C)OC(=O)N[C@H]1CCCCC/C=C\[C@@H]2C[C@@]2(C(=O)NS(=O)(=O)C2CC2)NC(=O)[C@@H]2C[C@@H](Oc3cc(-c4ccccc4)nc4c3oc3cc(C(F)(F)F)ccc34)CN2C1=O. The second-order valence-electron chi connectivity index (χ2n) is 17.6. The fraction of sp³-hybridized carbons (Fsp3) is 0.477. The quantitative estimate of drug-likeness (QED) is 0.165. The average Bonchev–Trinajstić information content (AvgIpc) is 4.10. The van der Waals surface area contributed by atoms with E-state index in [2.05, 4.69) is 15.4 Å². The lowest BCUT2D eigenvalue weighted by atomic mass is 10.0. The minimum absolute atomic E-state index is 0.0452. The Hall–Kier alpha value is -5.65. The van der Waals surface area contributed by atoms with E-state index >= 15 is 0 Å². The number of sulfonamides is 1. The first-order valence-electron chi connectivity index (χ1n) is 20.8. The predicted octanol–water partition coefficient (Wildman–Crippen LogP) is 6.91. The number of pyridine rings is 1. The maximum atomic E-state index is 14.7. The number of carbonyl (C=O) groups is 4. The molecule has 330 valence electrons. The van der Waals surface area contributed by atoms with Gasteiger partial charge in [0.1, 0.15) is 40.4 Å². The molecular formula is C44H48F3N5O9S. The van der Waals surface area contributed by atoms with Crippen LogP contribution >= 0.6 is 0 Å². The first kappa shape index (κ1) is 43.0. The monoisotopic (exact) mass is 879 g/mol. The smallest absolute Gasteiger partial charge is 0.416 e. The summed E-state index contributed by atoms with van der Waals surface area (Å²) in [5, 5.41) is 5.15. The average molecular weight is 880 g/mol. The Morgan fingerprint density at radius 3 is 2.47 bits per heavy atom. The highest BCUT2D eigenvalue weighted by Crippen LogP contribution is 2.46. The number of nitrogens with zero attached hydrogens (tertiary/aromatic N) is 2. The van der Waals surface area contributed by atoms with Crippen LogP contribution in [0.1, 0.15) is 84.1 Å². The van der Waals surface area contributed by atoms with Gasteiger partial charge in [0.15, 0.2) is 11.3 Å². The van der Waals surface area contributed by atoms with Gasteiger partial charge in [-0.05, 0) is 77.5 Å². The van der Waals surface area contributed by atoms with Gasteiger partial charge in [-0.25, -0.2) is 18.2 Å². The van der Waals surface area contributed by atoms with Crippen LogP contribution in [0.3, 0.4) is 0 Å². The number of nitrogens with one attached hydrogen (secondary N) is 3. The molecule has 62 heavy (non-hydrogen) atoms. The maximum absolute atomic E-state index is 14.7. The number of rotatable bonds is 7. The van der Waals surface area contributed by atoms with Crippen molar-refractivity contribution in [2.75, 3.05) is 6.54 Å². The van der Waals surface area contributed by atoms with E-state index in [-0.39, 0.29) is 48.2 Å². The second kappa shape index (κ2) is 16.2. The molecule has 4 amide bonds. The highest BCUT2D eigenvalue weighted by atomic mass is 32.2. The lowest BCUT2D eigenvalue weighted by Gasteiger charge is -2.30. The number of ether oxygens (including phenoxy) is 2. The van der Waals surface area contributed by atoms with Crippen LogP contribution in [0.4, 0.5) is 18.0 Å². The number of hydrogen-bond donors (Lipinski definition) is 3. The molecule has 2 aliphatic heterocycles. The molecule has 18 heteroatoms. The Kier molecular flexibility index (Phi) is 11.3. The molecule has 0 bridgehead atoms. The van der Waals surface area contributed by atoms with Gasteiger partial charge < -0.3 is 29.4 Å². The highest BCUT2D eigenvalue weighted by Gasteiger charge is 2.62. The number of fused-ring (bicyclic) bond motifs is 5. The van der Waals surface area contributed by atoms with Crippen molar-refractivity contribution < 1.29 is 54.7 Å². The van der Waals surface area contributed by atoms with Gasteiger partial charge in [0.25, 0.3) is 5.91 Å². The molecule has 2 saturated carbocycles. The molecule has 4 heterocycles. The van der Waals surface area contributed by atoms with Crippen LogP contribution in [0.2, 0.25) is 0 Å². The van der Waals surface area contributed by atoms with Crippen molar-refractivity contribution in [2.45, 2.75) is 119 Å². The topological polar surface area (TPSA) is 186 Å². The molecule has 0 radical (unpaired) electrons. The third kappa shape index (κ3) is 9.10. The summed E-state index contributed by atoms with van der Waals surface area (Å²) in [5.74, 6) is -2.63. The zero-order valence-electron chi connectivity index (χ0n) is 34.4. The first-order valence-corrected chi connectivity index (χ1v) is 22.4. The Bertz CT molecular complexity index is 2550. The van der Waals surface area contributed by atoms with Gasteiger partial charge in [0.2, 0.25) is 21.8 Å². The van der Waals surface area contributed by atoms with Crippen LogP contribution in [0.15, 0.2) is 71.2 Å². The zero-order chi connectivity index (χ0) is 44.2. The molecule has 8 rings (SSSR count). The molecule has 3 N–H and O–H groups in total. The van der Waals surface area contributed by atoms with Gasteiger partial charge in [0.05, 0.1) is 23.1 Å². The second-order valence-corrected chi connectivity index (χ2v) is 19.5. The summed E-state index contributed by atoms with van der Waals surface area (Å²) in [7, 11) is -3.97. The largest absolute Gasteiger partial charge is 0.484 e. The fourth-order valence-electron chi connectivity index (χ4n) is 8.20. The summed E-state index contributed by atoms with van der Waals surface area (Å²) in [5.41, 5.74) is -2.12. The molecule has 0 spiro atoms. The number of aromatic nitrogens is 1. The normalized spacial score (nSPS) is 25.5. The number of amides is 4. The van der Waals surface area contributed by atoms with Crippen LogP contribution < -0.4 is 20.1 Å². The molecule has 5 atom stereocenters. The number of alkyl carbamates (subject to hydrolysis) is 1. The highest BCUT2D eigenvalue weighted by molar-refractivity contribution is 7.91. The van der Waals surface area contributed by atoms with Crippen molar-refractivity contribution in [3.8, 4) is 17.0 Å². The molecule has 2 aromatic heterocycles. The summed E-state index contributed by atoms with van der Waals surface area (Å²) < 4.78 is 87.5. The molecule has 1 saturated heterocycles. The van der Waals surface area contributed by atoms with Crippen molar-refractivity contribution >= 4 is 55.9 Å². The molecule has 4 aliphatic rings. The van der Waals surface area contributed by atoms with Gasteiger partial charge in [-0.3, -0.25) is 19.1 Å². The molecule has 14 nitrogen and oxygen atoms in total. The molecule has 2 aromatic carbocycles. The van der Waals surface area contributed by atoms with Crippen LogP contribution in [0.25, 0.3) is 33.3 Å². The number of halogens is 3. The summed E-state index contributed by atoms with van der Waals surface area (Å²) in [6, 6.07) is 11.3. The third-order valence-electron chi connectivity index (χ3n) is 11.6. The van der Waals surface area contributed by atoms with Crippen molar-refractivity contribution in [3.05, 3.63) is 72.3 Å². The number of furan rings is 1. The van der Waals surface area contributed by atoms with Gasteiger partial charge in [-0.15, -0.1) is 0 Å². The van der Waals surface area contributed by atoms with E-state index in [1.165, 1.54) is 11.0 Å². The Balaban J connectivity index is 1.16. The Morgan fingerprint density at radius 2 is 1.76 bits per heavy atom. The lowest BCUT2D eigenvalue weighted by Crippen LogP contribution is -2.58. The number of benzene rings is 2. The van der Waals surface area contributed by atoms with Crippen molar-refractivity contribution in [2.24, 2.45) is 5.92 Å². The Morgan fingerprint density at radius 1 is 1.00 bits per heavy atom. The van der Waals surface area contributed by atoms with Crippen LogP contribution in [0, 0.1) is 5.92 Å². The summed E-state index contributed by atoms with van der Waals surface area (Å²) in [6.45, 7) is 4.87. The number of alkyl halides is 3. The van der Waals surface area contributed by atoms with E-state index in [1.54, 1.807) is 51.1 Å². The van der Waals surface area contributed by atoms with E-state index in [0.29, 0.717) is 48.7 Å². The van der Waals surface area contributed by atoms with E-state index in [4.69, 9.17) is 18.9 Å². The fourth-order valence-corrected chi connectivity index (χ4v) is 9.56. The standard InChI is InChI=1S/C44H48F3N5O9S/c1-42(2,3)61-41(56)49-31-15-11-6-4-5-10-14-27-23-43(27,40(55)51-62(57,58)29-17-18-29)50-38(53)33-21-28(24-52(33)39(31)54)59-35-22-32(25-12-8-7-9-13-25)48-36-30-19-16-26(44(45,46)47)20-34(30)60-37(35)36/h7-10,12-14,16,19-20,22,27-29,31,33H,4-6,11,15,17-18,21,23-24H2,1-3H3,(H,49,56)(H,50,53)(H,51,55)/b14-10-/t27-,28-,31+,33+,43-/m1/s1. The molecule has 4 aromatic rings. The van der Waals surface area contributed by atoms with Gasteiger partial charge in [-0.2, -0.15) is 13.2 Å². The minimum atomic E-state index is -4.64. The molecular weight excluding hydrogens is 832 g/mol. The van der Waals surface area contributed by atoms with Crippen LogP contribution in [0.5, 0.6) is 5.75 Å². The van der Waals surface area contributed by atoms with E-state index in [9.17, 15) is 40.8 Å². The summed E-state index contributed by atoms with van der Waals surface area (Å²) in [6.07, 6.45) is 0.963. The number of hydrogen-bond acceptors (Lipinski definition) is 10. The van der Waals surface area contributed by atoms with Crippen molar-refractivity contribution in [1.82, 2.24) is 25.2 Å². The first-order chi connectivity index (χ1) is 29.3. The van der Waals surface area contributed by atoms with Crippen LogP contribution in [-0.2, 0) is 35.3 Å². The molecule has 2 aliphatic carbocycles. The predicted molar refractivity (Wildman–Crippen MR) is 221 cm³/mol. The van der Waals surface area contributed by atoms with E-state index in [0.717, 1.165) is 18.6 Å². The van der Waals surface area contributed by atoms with Crippen LogP contribution in [-0.4, -0.2) is 83.2 Å². The van der Waals surface area contributed by atoms with E-state index < -0.39 is 86.1 Å². The van der Waals surface area contributed by atoms with E-state index in [1.807, 2.05) is 18.2 Å². The lowest BCUT2D eigenvalue weighted by molar-refractivity contribution is -0.141. The molecule has 3 fully saturated rings. The summed E-state index contributed by atoms with van der Waals surface area (Å²) >= 11 is 0. The van der Waals surface area contributed by atoms with Crippen molar-refractivity contribution in [3.63, 3.8) is 0 Å². The van der Waals surface area contributed by atoms with Crippen molar-refractivity contribution in [1.29, 1.82) is 0 Å². The zero-order valence-corrected chi connectivity index (χ0v) is 35.2. The van der Waals surface area contributed by atoms with Gasteiger partial charge >= 0.3 is 12.3 Å². The number of allylic oxidation sites excluding steroid dienone is 1. The molecule has 0 unspecified atom stereocenters. The van der Waals surface area contributed by atoms with Gasteiger partial charge in [0, 0.05) is 29.4 Å². The summed E-state index contributed by atoms with van der Waals surface area (Å²) in [4.78, 5) is 62.3. The Labute approximate surface area is 356 Å². The number of carbonyl (C=O) groups excluding carboxylic acids is 4. The van der Waals surface area contributed by atoms with Gasteiger partial charge in [-0.1, -0.05) is 55.3 Å². The minimum Gasteiger partial charge on any atom is -0.484 e. The third-order valence-corrected chi connectivity index (χ3v) is 13.4. The maximum Gasteiger partial charge on any atom is 0.416 e.